The second-order valence-corrected chi connectivity index (χ2v) is 2.98. The van der Waals surface area contributed by atoms with Gasteiger partial charge in [-0.15, -0.1) is 0 Å². The summed E-state index contributed by atoms with van der Waals surface area (Å²) in [5, 5.41) is 0. The number of rotatable bonds is 3. The molecule has 0 N–H and O–H groups in total. The Kier molecular flexibility index (Phi) is 4.80. The molecule has 0 radical (unpaired) electrons. The zero-order valence-corrected chi connectivity index (χ0v) is 8.57. The lowest BCUT2D eigenvalue weighted by molar-refractivity contribution is -0.135. The minimum absolute atomic E-state index is 0.0830. The molecule has 0 saturated heterocycles. The summed E-state index contributed by atoms with van der Waals surface area (Å²) >= 11 is 0. The van der Waals surface area contributed by atoms with E-state index in [2.05, 4.69) is 0 Å². The van der Waals surface area contributed by atoms with E-state index in [9.17, 15) is 9.59 Å². The third kappa shape index (κ3) is 4.30. The quantitative estimate of drug-likeness (QED) is 0.584. The van der Waals surface area contributed by atoms with E-state index in [1.54, 1.807) is 34.1 Å². The zero-order chi connectivity index (χ0) is 10.4. The zero-order valence-electron chi connectivity index (χ0n) is 8.57. The Bertz CT molecular complexity index is 222. The van der Waals surface area contributed by atoms with Crippen molar-refractivity contribution in [3.8, 4) is 0 Å². The van der Waals surface area contributed by atoms with Gasteiger partial charge in [0.25, 0.3) is 0 Å². The summed E-state index contributed by atoms with van der Waals surface area (Å²) in [5.74, 6) is -0.238. The molecule has 2 amide bonds. The molecule has 0 aromatic carbocycles. The van der Waals surface area contributed by atoms with E-state index in [-0.39, 0.29) is 18.4 Å². The minimum atomic E-state index is -0.155. The van der Waals surface area contributed by atoms with Crippen LogP contribution in [0.2, 0.25) is 0 Å². The number of hydrogen-bond acceptors (Lipinski definition) is 2. The van der Waals surface area contributed by atoms with Crippen molar-refractivity contribution in [1.82, 2.24) is 9.80 Å². The maximum Gasteiger partial charge on any atom is 0.246 e. The van der Waals surface area contributed by atoms with Gasteiger partial charge >= 0.3 is 0 Å². The van der Waals surface area contributed by atoms with Crippen LogP contribution in [0.4, 0.5) is 0 Å². The first-order valence-electron chi connectivity index (χ1n) is 4.07. The van der Waals surface area contributed by atoms with Crippen LogP contribution in [0.3, 0.4) is 0 Å². The topological polar surface area (TPSA) is 40.6 Å². The van der Waals surface area contributed by atoms with E-state index in [0.717, 1.165) is 0 Å². The molecule has 0 aliphatic heterocycles. The van der Waals surface area contributed by atoms with Crippen LogP contribution in [0.15, 0.2) is 12.2 Å². The lowest BCUT2D eigenvalue weighted by Crippen LogP contribution is -2.36. The number of hydrogen-bond donors (Lipinski definition) is 0. The van der Waals surface area contributed by atoms with Gasteiger partial charge in [0, 0.05) is 21.1 Å². The smallest absolute Gasteiger partial charge is 0.246 e. The third-order valence-electron chi connectivity index (χ3n) is 1.56. The first-order chi connectivity index (χ1) is 5.99. The van der Waals surface area contributed by atoms with Crippen LogP contribution in [-0.4, -0.2) is 49.3 Å². The standard InChI is InChI=1S/C9H16N2O2/c1-5-6-8(12)11(4)7-9(13)10(2)3/h5-6H,7H2,1-4H3. The number of carbonyl (C=O) groups excluding carboxylic acids is 2. The van der Waals surface area contributed by atoms with Gasteiger partial charge in [0.15, 0.2) is 0 Å². The maximum absolute atomic E-state index is 11.2. The molecule has 0 aromatic heterocycles. The van der Waals surface area contributed by atoms with Gasteiger partial charge in [0.05, 0.1) is 6.54 Å². The molecule has 0 spiro atoms. The van der Waals surface area contributed by atoms with E-state index in [1.807, 2.05) is 0 Å². The van der Waals surface area contributed by atoms with Crippen LogP contribution >= 0.6 is 0 Å². The van der Waals surface area contributed by atoms with E-state index in [1.165, 1.54) is 15.9 Å². The van der Waals surface area contributed by atoms with Gasteiger partial charge in [-0.2, -0.15) is 0 Å². The van der Waals surface area contributed by atoms with E-state index in [4.69, 9.17) is 0 Å². The van der Waals surface area contributed by atoms with Crippen LogP contribution in [-0.2, 0) is 9.59 Å². The van der Waals surface area contributed by atoms with E-state index in [0.29, 0.717) is 0 Å². The Morgan fingerprint density at radius 3 is 2.15 bits per heavy atom. The molecule has 0 rings (SSSR count). The Morgan fingerprint density at radius 2 is 1.77 bits per heavy atom. The molecule has 0 bridgehead atoms. The van der Waals surface area contributed by atoms with Crippen LogP contribution in [0.25, 0.3) is 0 Å². The highest BCUT2D eigenvalue weighted by molar-refractivity contribution is 5.90. The van der Waals surface area contributed by atoms with Crippen molar-refractivity contribution in [1.29, 1.82) is 0 Å². The van der Waals surface area contributed by atoms with Gasteiger partial charge < -0.3 is 9.80 Å². The van der Waals surface area contributed by atoms with Gasteiger partial charge in [-0.3, -0.25) is 9.59 Å². The van der Waals surface area contributed by atoms with Crippen molar-refractivity contribution in [3.05, 3.63) is 12.2 Å². The number of carbonyl (C=O) groups is 2. The van der Waals surface area contributed by atoms with Crippen LogP contribution in [0.1, 0.15) is 6.92 Å². The Morgan fingerprint density at radius 1 is 1.23 bits per heavy atom. The summed E-state index contributed by atoms with van der Waals surface area (Å²) in [5.41, 5.74) is 0. The number of likely N-dealkylation sites (N-methyl/N-ethyl adjacent to an activating group) is 2. The number of allylic oxidation sites excluding steroid dienone is 1. The monoisotopic (exact) mass is 184 g/mol. The van der Waals surface area contributed by atoms with Crippen LogP contribution in [0, 0.1) is 0 Å². The van der Waals surface area contributed by atoms with Crippen molar-refractivity contribution in [2.45, 2.75) is 6.92 Å². The predicted octanol–water partition coefficient (Wildman–Crippen LogP) is 0.109. The Hall–Kier alpha value is -1.32. The second kappa shape index (κ2) is 5.35. The summed E-state index contributed by atoms with van der Waals surface area (Å²) in [6.07, 6.45) is 3.09. The average molecular weight is 184 g/mol. The molecule has 0 saturated carbocycles. The molecule has 0 atom stereocenters. The Labute approximate surface area is 78.8 Å². The highest BCUT2D eigenvalue weighted by atomic mass is 16.2. The van der Waals surface area contributed by atoms with Crippen molar-refractivity contribution >= 4 is 11.8 Å². The Balaban J connectivity index is 4.07. The molecule has 0 heterocycles. The fraction of sp³-hybridized carbons (Fsp3) is 0.556. The summed E-state index contributed by atoms with van der Waals surface area (Å²) in [4.78, 5) is 25.2. The fourth-order valence-electron chi connectivity index (χ4n) is 0.692. The first-order valence-corrected chi connectivity index (χ1v) is 4.07. The molecular weight excluding hydrogens is 168 g/mol. The van der Waals surface area contributed by atoms with Gasteiger partial charge in [-0.05, 0) is 13.0 Å². The molecule has 0 aromatic rings. The van der Waals surface area contributed by atoms with Gasteiger partial charge in [0.2, 0.25) is 11.8 Å². The largest absolute Gasteiger partial charge is 0.347 e. The average Bonchev–Trinajstić information content (AvgIpc) is 2.04. The highest BCUT2D eigenvalue weighted by Gasteiger charge is 2.10. The van der Waals surface area contributed by atoms with Gasteiger partial charge in [-0.25, -0.2) is 0 Å². The van der Waals surface area contributed by atoms with E-state index >= 15 is 0 Å². The van der Waals surface area contributed by atoms with E-state index < -0.39 is 0 Å². The summed E-state index contributed by atoms with van der Waals surface area (Å²) in [6, 6.07) is 0. The number of amides is 2. The van der Waals surface area contributed by atoms with Crippen LogP contribution in [0.5, 0.6) is 0 Å². The van der Waals surface area contributed by atoms with Crippen molar-refractivity contribution < 1.29 is 9.59 Å². The van der Waals surface area contributed by atoms with Crippen LogP contribution < -0.4 is 0 Å². The van der Waals surface area contributed by atoms with Gasteiger partial charge in [-0.1, -0.05) is 6.08 Å². The first kappa shape index (κ1) is 11.7. The summed E-state index contributed by atoms with van der Waals surface area (Å²) in [6.45, 7) is 1.88. The molecule has 13 heavy (non-hydrogen) atoms. The second-order valence-electron chi connectivity index (χ2n) is 2.98. The number of nitrogens with zero attached hydrogens (tertiary/aromatic N) is 2. The molecule has 0 aliphatic rings. The molecule has 74 valence electrons. The lowest BCUT2D eigenvalue weighted by atomic mass is 10.4. The third-order valence-corrected chi connectivity index (χ3v) is 1.56. The predicted molar refractivity (Wildman–Crippen MR) is 51.1 cm³/mol. The molecule has 4 heteroatoms. The molecule has 0 unspecified atom stereocenters. The molecule has 4 nitrogen and oxygen atoms in total. The van der Waals surface area contributed by atoms with Crippen molar-refractivity contribution in [2.24, 2.45) is 0 Å². The minimum Gasteiger partial charge on any atom is -0.347 e. The molecule has 0 fully saturated rings. The normalized spacial score (nSPS) is 10.2. The summed E-state index contributed by atoms with van der Waals surface area (Å²) < 4.78 is 0. The molecular formula is C9H16N2O2. The lowest BCUT2D eigenvalue weighted by Gasteiger charge is -2.17. The SMILES string of the molecule is CC=CC(=O)N(C)CC(=O)N(C)C. The summed E-state index contributed by atoms with van der Waals surface area (Å²) in [7, 11) is 4.93. The molecule has 0 aliphatic carbocycles. The highest BCUT2D eigenvalue weighted by Crippen LogP contribution is 1.89. The van der Waals surface area contributed by atoms with Crippen molar-refractivity contribution in [2.75, 3.05) is 27.7 Å². The fourth-order valence-corrected chi connectivity index (χ4v) is 0.692. The maximum atomic E-state index is 11.2. The van der Waals surface area contributed by atoms with Crippen molar-refractivity contribution in [3.63, 3.8) is 0 Å². The van der Waals surface area contributed by atoms with Gasteiger partial charge in [0.1, 0.15) is 0 Å².